The van der Waals surface area contributed by atoms with Crippen molar-refractivity contribution in [1.82, 2.24) is 9.80 Å². The molecule has 3 heterocycles. The lowest BCUT2D eigenvalue weighted by molar-refractivity contribution is 0.101. The first kappa shape index (κ1) is 11.0. The lowest BCUT2D eigenvalue weighted by Crippen LogP contribution is -2.53. The van der Waals surface area contributed by atoms with Gasteiger partial charge in [-0.05, 0) is 44.7 Å². The molecule has 0 amide bonds. The number of nitrogens with two attached hydrogens (primary N) is 1. The average Bonchev–Trinajstić information content (AvgIpc) is 2.83. The SMILES string of the molecule is CC1CCN(C2CCN3CCCC23)CC1N. The van der Waals surface area contributed by atoms with Gasteiger partial charge >= 0.3 is 0 Å². The van der Waals surface area contributed by atoms with Crippen LogP contribution in [-0.4, -0.2) is 54.1 Å². The highest BCUT2D eigenvalue weighted by Crippen LogP contribution is 2.33. The molecule has 92 valence electrons. The Balaban J connectivity index is 1.65. The summed E-state index contributed by atoms with van der Waals surface area (Å²) in [5.41, 5.74) is 6.22. The van der Waals surface area contributed by atoms with Gasteiger partial charge in [0.2, 0.25) is 0 Å². The first-order valence-electron chi connectivity index (χ1n) is 6.99. The van der Waals surface area contributed by atoms with Gasteiger partial charge in [-0.3, -0.25) is 9.80 Å². The summed E-state index contributed by atoms with van der Waals surface area (Å²) in [5.74, 6) is 0.720. The van der Waals surface area contributed by atoms with Gasteiger partial charge in [0.15, 0.2) is 0 Å². The molecule has 0 aliphatic carbocycles. The molecule has 3 aliphatic heterocycles. The molecule has 4 atom stereocenters. The van der Waals surface area contributed by atoms with E-state index < -0.39 is 0 Å². The van der Waals surface area contributed by atoms with Crippen LogP contribution in [0.5, 0.6) is 0 Å². The largest absolute Gasteiger partial charge is 0.326 e. The summed E-state index contributed by atoms with van der Waals surface area (Å²) in [5, 5.41) is 0. The Morgan fingerprint density at radius 3 is 2.50 bits per heavy atom. The second kappa shape index (κ2) is 4.28. The van der Waals surface area contributed by atoms with Crippen molar-refractivity contribution in [3.8, 4) is 0 Å². The van der Waals surface area contributed by atoms with E-state index in [4.69, 9.17) is 5.73 Å². The highest BCUT2D eigenvalue weighted by Gasteiger charge is 2.41. The fourth-order valence-electron chi connectivity index (χ4n) is 3.91. The Morgan fingerprint density at radius 1 is 0.938 bits per heavy atom. The van der Waals surface area contributed by atoms with Crippen molar-refractivity contribution in [2.45, 2.75) is 50.7 Å². The monoisotopic (exact) mass is 223 g/mol. The van der Waals surface area contributed by atoms with Gasteiger partial charge in [-0.25, -0.2) is 0 Å². The summed E-state index contributed by atoms with van der Waals surface area (Å²) in [6.07, 6.45) is 5.51. The Labute approximate surface area is 99.0 Å². The minimum Gasteiger partial charge on any atom is -0.326 e. The zero-order valence-electron chi connectivity index (χ0n) is 10.4. The molecule has 16 heavy (non-hydrogen) atoms. The molecule has 0 radical (unpaired) electrons. The molecule has 0 aromatic rings. The fraction of sp³-hybridized carbons (Fsp3) is 1.00. The van der Waals surface area contributed by atoms with E-state index in [2.05, 4.69) is 16.7 Å². The van der Waals surface area contributed by atoms with E-state index in [0.717, 1.165) is 24.5 Å². The molecule has 0 bridgehead atoms. The van der Waals surface area contributed by atoms with Crippen molar-refractivity contribution in [3.63, 3.8) is 0 Å². The molecular weight excluding hydrogens is 198 g/mol. The summed E-state index contributed by atoms with van der Waals surface area (Å²) >= 11 is 0. The third kappa shape index (κ3) is 1.79. The first-order chi connectivity index (χ1) is 7.75. The topological polar surface area (TPSA) is 32.5 Å². The Kier molecular flexibility index (Phi) is 2.94. The normalized spacial score (nSPS) is 46.1. The Hall–Kier alpha value is -0.120. The first-order valence-corrected chi connectivity index (χ1v) is 6.99. The van der Waals surface area contributed by atoms with Crippen LogP contribution in [0.25, 0.3) is 0 Å². The van der Waals surface area contributed by atoms with Crippen molar-refractivity contribution in [2.75, 3.05) is 26.2 Å². The minimum absolute atomic E-state index is 0.407. The standard InChI is InChI=1S/C13H25N3/c1-10-4-7-16(9-11(10)14)13-5-8-15-6-2-3-12(13)15/h10-13H,2-9,14H2,1H3. The van der Waals surface area contributed by atoms with Gasteiger partial charge in [0.1, 0.15) is 0 Å². The van der Waals surface area contributed by atoms with Crippen LogP contribution in [0.3, 0.4) is 0 Å². The van der Waals surface area contributed by atoms with Gasteiger partial charge in [0.25, 0.3) is 0 Å². The van der Waals surface area contributed by atoms with Crippen LogP contribution in [0, 0.1) is 5.92 Å². The minimum atomic E-state index is 0.407. The van der Waals surface area contributed by atoms with E-state index in [1.807, 2.05) is 0 Å². The zero-order chi connectivity index (χ0) is 11.1. The lowest BCUT2D eigenvalue weighted by atomic mass is 9.92. The van der Waals surface area contributed by atoms with Crippen LogP contribution in [0.4, 0.5) is 0 Å². The van der Waals surface area contributed by atoms with Gasteiger partial charge in [-0.2, -0.15) is 0 Å². The number of hydrogen-bond donors (Lipinski definition) is 1. The molecule has 3 nitrogen and oxygen atoms in total. The number of likely N-dealkylation sites (tertiary alicyclic amines) is 1. The number of fused-ring (bicyclic) bond motifs is 1. The zero-order valence-corrected chi connectivity index (χ0v) is 10.4. The molecule has 0 spiro atoms. The Morgan fingerprint density at radius 2 is 1.69 bits per heavy atom. The van der Waals surface area contributed by atoms with Gasteiger partial charge in [-0.15, -0.1) is 0 Å². The molecule has 0 aromatic carbocycles. The van der Waals surface area contributed by atoms with Crippen molar-refractivity contribution >= 4 is 0 Å². The van der Waals surface area contributed by atoms with Crippen molar-refractivity contribution in [1.29, 1.82) is 0 Å². The number of nitrogens with zero attached hydrogens (tertiary/aromatic N) is 2. The summed E-state index contributed by atoms with van der Waals surface area (Å²) in [4.78, 5) is 5.40. The third-order valence-corrected chi connectivity index (χ3v) is 5.09. The van der Waals surface area contributed by atoms with Crippen LogP contribution < -0.4 is 5.73 Å². The van der Waals surface area contributed by atoms with Crippen LogP contribution in [0.2, 0.25) is 0 Å². The molecule has 3 aliphatic rings. The number of rotatable bonds is 1. The molecule has 3 saturated heterocycles. The molecule has 3 rings (SSSR count). The smallest absolute Gasteiger partial charge is 0.0264 e. The highest BCUT2D eigenvalue weighted by molar-refractivity contribution is 4.98. The molecule has 3 heteroatoms. The molecule has 4 unspecified atom stereocenters. The predicted octanol–water partition coefficient (Wildman–Crippen LogP) is 0.892. The van der Waals surface area contributed by atoms with Crippen molar-refractivity contribution in [3.05, 3.63) is 0 Å². The maximum absolute atomic E-state index is 6.22. The molecule has 0 saturated carbocycles. The van der Waals surface area contributed by atoms with Crippen molar-refractivity contribution < 1.29 is 0 Å². The number of piperidine rings is 1. The predicted molar refractivity (Wildman–Crippen MR) is 66.3 cm³/mol. The van der Waals surface area contributed by atoms with Crippen LogP contribution in [0.1, 0.15) is 32.6 Å². The van der Waals surface area contributed by atoms with Gasteiger partial charge in [-0.1, -0.05) is 6.92 Å². The maximum Gasteiger partial charge on any atom is 0.0264 e. The highest BCUT2D eigenvalue weighted by atomic mass is 15.3. The van der Waals surface area contributed by atoms with Crippen LogP contribution >= 0.6 is 0 Å². The molecular formula is C13H25N3. The molecule has 2 N–H and O–H groups in total. The maximum atomic E-state index is 6.22. The average molecular weight is 223 g/mol. The third-order valence-electron chi connectivity index (χ3n) is 5.09. The van der Waals surface area contributed by atoms with E-state index in [-0.39, 0.29) is 0 Å². The molecule has 0 aromatic heterocycles. The molecule has 3 fully saturated rings. The van der Waals surface area contributed by atoms with E-state index in [9.17, 15) is 0 Å². The van der Waals surface area contributed by atoms with Crippen LogP contribution in [0.15, 0.2) is 0 Å². The second-order valence-electron chi connectivity index (χ2n) is 6.03. The quantitative estimate of drug-likeness (QED) is 0.716. The van der Waals surface area contributed by atoms with Crippen molar-refractivity contribution in [2.24, 2.45) is 11.7 Å². The van der Waals surface area contributed by atoms with E-state index in [0.29, 0.717) is 6.04 Å². The van der Waals surface area contributed by atoms with E-state index in [1.54, 1.807) is 0 Å². The van der Waals surface area contributed by atoms with E-state index in [1.165, 1.54) is 45.3 Å². The summed E-state index contributed by atoms with van der Waals surface area (Å²) in [7, 11) is 0. The van der Waals surface area contributed by atoms with Gasteiger partial charge in [0, 0.05) is 31.2 Å². The van der Waals surface area contributed by atoms with E-state index >= 15 is 0 Å². The summed E-state index contributed by atoms with van der Waals surface area (Å²) in [6, 6.07) is 2.09. The van der Waals surface area contributed by atoms with Crippen LogP contribution in [-0.2, 0) is 0 Å². The fourth-order valence-corrected chi connectivity index (χ4v) is 3.91. The Bertz CT molecular complexity index is 256. The van der Waals surface area contributed by atoms with Gasteiger partial charge in [0.05, 0.1) is 0 Å². The lowest BCUT2D eigenvalue weighted by Gasteiger charge is -2.40. The number of hydrogen-bond acceptors (Lipinski definition) is 3. The summed E-state index contributed by atoms with van der Waals surface area (Å²) < 4.78 is 0. The van der Waals surface area contributed by atoms with Gasteiger partial charge < -0.3 is 5.73 Å². The second-order valence-corrected chi connectivity index (χ2v) is 6.03. The summed E-state index contributed by atoms with van der Waals surface area (Å²) in [6.45, 7) is 7.40.